The van der Waals surface area contributed by atoms with Gasteiger partial charge >= 0.3 is 24.1 Å². The quantitative estimate of drug-likeness (QED) is 0.0204. The molecule has 5 aliphatic carbocycles. The summed E-state index contributed by atoms with van der Waals surface area (Å²) in [6.45, 7) is 70.0. The van der Waals surface area contributed by atoms with Crippen molar-refractivity contribution in [3.8, 4) is 40.2 Å². The lowest BCUT2D eigenvalue weighted by Crippen LogP contribution is -2.58. The van der Waals surface area contributed by atoms with Gasteiger partial charge in [0.1, 0.15) is 68.3 Å². The van der Waals surface area contributed by atoms with Crippen LogP contribution in [0.4, 0.5) is 4.79 Å². The van der Waals surface area contributed by atoms with Crippen molar-refractivity contribution in [1.82, 2.24) is 0 Å². The third-order valence-corrected chi connectivity index (χ3v) is 27.8. The van der Waals surface area contributed by atoms with Crippen molar-refractivity contribution in [3.05, 3.63) is 209 Å². The minimum absolute atomic E-state index is 0.0185. The van der Waals surface area contributed by atoms with Crippen LogP contribution < -0.4 is 9.47 Å². The molecule has 0 heterocycles. The second kappa shape index (κ2) is 57.9. The first-order valence-corrected chi connectivity index (χ1v) is 50.9. The molecule has 5 N–H and O–H groups in total. The molecule has 15 heteroatoms. The molecule has 5 fully saturated rings. The summed E-state index contributed by atoms with van der Waals surface area (Å²) < 4.78 is 33.1. The number of carbonyl (C=O) groups excluding carboxylic acids is 4. The van der Waals surface area contributed by atoms with Gasteiger partial charge in [-0.2, -0.15) is 0 Å². The van der Waals surface area contributed by atoms with Crippen LogP contribution in [0.25, 0.3) is 0 Å². The first kappa shape index (κ1) is 121. The number of esters is 3. The number of carbonyl (C=O) groups is 4. The lowest BCUT2D eigenvalue weighted by Gasteiger charge is -2.59. The Morgan fingerprint density at radius 3 is 0.769 bits per heavy atom. The van der Waals surface area contributed by atoms with E-state index in [0.717, 1.165) is 94.6 Å². The fourth-order valence-electron chi connectivity index (χ4n) is 15.5. The maximum Gasteiger partial charge on any atom is 0.514 e. The van der Waals surface area contributed by atoms with Crippen LogP contribution in [0.2, 0.25) is 0 Å². The molecule has 0 spiro atoms. The fraction of sp³-hybridized carbons (Fsp3) is 0.613. The van der Waals surface area contributed by atoms with Gasteiger partial charge in [-0.15, -0.1) is 0 Å². The van der Waals surface area contributed by atoms with E-state index in [0.29, 0.717) is 87.8 Å². The minimum Gasteiger partial charge on any atom is -0.508 e. The van der Waals surface area contributed by atoms with Crippen LogP contribution in [0.1, 0.15) is 444 Å². The Balaban J connectivity index is 0.000000507. The van der Waals surface area contributed by atoms with Gasteiger partial charge in [-0.1, -0.05) is 210 Å². The summed E-state index contributed by atoms with van der Waals surface area (Å²) in [5.41, 5.74) is 6.77. The molecule has 5 saturated carbocycles. The third-order valence-electron chi connectivity index (χ3n) is 27.8. The van der Waals surface area contributed by atoms with E-state index in [1.165, 1.54) is 90.3 Å². The molecule has 0 aromatic heterocycles. The molecule has 0 radical (unpaired) electrons. The lowest BCUT2D eigenvalue weighted by molar-refractivity contribution is -0.211. The third kappa shape index (κ3) is 44.4. The Kier molecular flexibility index (Phi) is 52.3. The van der Waals surface area contributed by atoms with Crippen LogP contribution >= 0.6 is 0 Å². The maximum absolute atomic E-state index is 12.5. The second-order valence-corrected chi connectivity index (χ2v) is 43.3. The molecular formula is C119H186O15. The largest absolute Gasteiger partial charge is 0.514 e. The second-order valence-electron chi connectivity index (χ2n) is 43.3. The van der Waals surface area contributed by atoms with Gasteiger partial charge in [0, 0.05) is 0 Å². The zero-order chi connectivity index (χ0) is 102. The minimum atomic E-state index is -0.668. The van der Waals surface area contributed by atoms with Crippen LogP contribution in [0, 0.1) is 39.9 Å². The number of phenolic OH excluding ortho intramolecular Hbond substituents is 5. The highest BCUT2D eigenvalue weighted by Gasteiger charge is 2.58. The molecule has 15 nitrogen and oxygen atoms in total. The first-order chi connectivity index (χ1) is 62.4. The SMILES string of the molecule is CCC(C)(C)C(=O)OC(C)(C)C.CCC(C)(C)C(=O)OC1(C)C2CC3CC(C2)CC1C3.CCC(C)c1ccc(O)cc1.CCC(C)c1ccc(O)cc1.CCC(C)c1ccc(O)cc1.CCC(C)c1ccc(O)cc1.CCC(C)c1ccc(O)cc1.CCC(C)c1ccc(OC(=O)OC(C)(C)C)cc1.CCC(C)c1ccc(OC(C)(C)C)cc1.CCC1(OC(=O)C(C)(C)CC)CCCC1. The molecule has 0 aliphatic heterocycles. The topological polar surface area (TPSA) is 225 Å². The zero-order valence-corrected chi connectivity index (χ0v) is 90.0. The van der Waals surface area contributed by atoms with Crippen LogP contribution in [-0.2, 0) is 33.3 Å². The van der Waals surface area contributed by atoms with Crippen molar-refractivity contribution in [3.63, 3.8) is 0 Å². The van der Waals surface area contributed by atoms with E-state index in [2.05, 4.69) is 163 Å². The van der Waals surface area contributed by atoms with Crippen molar-refractivity contribution in [1.29, 1.82) is 0 Å². The van der Waals surface area contributed by atoms with E-state index in [9.17, 15) is 19.2 Å². The molecule has 7 aromatic rings. The van der Waals surface area contributed by atoms with E-state index in [1.807, 2.05) is 149 Å². The number of aromatic hydroxyl groups is 5. The number of benzene rings is 7. The van der Waals surface area contributed by atoms with E-state index in [-0.39, 0.29) is 56.6 Å². The van der Waals surface area contributed by atoms with Gasteiger partial charge in [0.2, 0.25) is 0 Å². The van der Waals surface area contributed by atoms with E-state index < -0.39 is 11.8 Å². The first-order valence-electron chi connectivity index (χ1n) is 50.9. The average Bonchev–Trinajstić information content (AvgIpc) is 0.867. The predicted octanol–water partition coefficient (Wildman–Crippen LogP) is 34.1. The van der Waals surface area contributed by atoms with Gasteiger partial charge in [0.05, 0.1) is 16.2 Å². The summed E-state index contributed by atoms with van der Waals surface area (Å²) in [4.78, 5) is 47.4. The summed E-state index contributed by atoms with van der Waals surface area (Å²) in [6.07, 6.45) is 21.9. The van der Waals surface area contributed by atoms with Crippen LogP contribution in [0.3, 0.4) is 0 Å². The number of hydrogen-bond donors (Lipinski definition) is 5. The molecule has 4 bridgehead atoms. The summed E-state index contributed by atoms with van der Waals surface area (Å²) >= 11 is 0. The van der Waals surface area contributed by atoms with Crippen molar-refractivity contribution in [2.75, 3.05) is 0 Å². The van der Waals surface area contributed by atoms with E-state index >= 15 is 0 Å². The Hall–Kier alpha value is -8.98. The standard InChI is InChI=1S/C17H28O2.C15H22O3.C14H22O.C13H24O2.C10H20O2.5C10H14O/c1-5-16(2,3)15(18)19-17(4)13-7-11-6-12(9-13)10-14(17)8-11;1-6-11(2)12-7-9-13(10-8-12)17-14(16)18-15(3,4)5;1-6-11(2)12-7-9-13(10-8-12)15-14(3,4)5;1-5-12(3,4)11(14)15-13(6-2)9-7-8-10-13;1-7-10(5,6)8(11)12-9(2,3)4;5*1-3-8(2)9-4-6-10(11)7-5-9/h11-14H,5-10H2,1-4H3;7-11H,6H2,1-5H3;7-11H,6H2,1-5H3;5-10H2,1-4H3;7H2,1-6H3;5*4-8,11H,3H2,1-2H3. The Bertz CT molecular complexity index is 4050. The highest BCUT2D eigenvalue weighted by atomic mass is 16.7. The van der Waals surface area contributed by atoms with Crippen molar-refractivity contribution in [2.45, 2.75) is 433 Å². The molecule has 5 aliphatic rings. The normalized spacial score (nSPS) is 18.3. The van der Waals surface area contributed by atoms with Gasteiger partial charge in [-0.25, -0.2) is 4.79 Å². The van der Waals surface area contributed by atoms with Gasteiger partial charge < -0.3 is 54.0 Å². The number of rotatable bonds is 25. The molecule has 7 unspecified atom stereocenters. The summed E-state index contributed by atoms with van der Waals surface area (Å²) in [7, 11) is 0. The molecular weight excluding hydrogens is 1670 g/mol. The number of ether oxygens (including phenoxy) is 6. The van der Waals surface area contributed by atoms with Gasteiger partial charge in [0.25, 0.3) is 0 Å². The lowest BCUT2D eigenvalue weighted by atomic mass is 9.50. The molecule has 12 rings (SSSR count). The highest BCUT2D eigenvalue weighted by molar-refractivity contribution is 5.77. The van der Waals surface area contributed by atoms with E-state index in [4.69, 9.17) is 54.0 Å². The van der Waals surface area contributed by atoms with Crippen molar-refractivity contribution >= 4 is 24.1 Å². The predicted molar refractivity (Wildman–Crippen MR) is 559 cm³/mol. The molecule has 134 heavy (non-hydrogen) atoms. The molecule has 752 valence electrons. The molecule has 0 amide bonds. The molecule has 7 aromatic carbocycles. The Morgan fingerprint density at radius 1 is 0.313 bits per heavy atom. The number of phenols is 5. The van der Waals surface area contributed by atoms with Crippen LogP contribution in [-0.4, -0.2) is 77.6 Å². The smallest absolute Gasteiger partial charge is 0.508 e. The van der Waals surface area contributed by atoms with Crippen LogP contribution in [0.15, 0.2) is 170 Å². The van der Waals surface area contributed by atoms with Gasteiger partial charge in [0.15, 0.2) is 0 Å². The summed E-state index contributed by atoms with van der Waals surface area (Å²) in [5.74, 6) is 10.3. The van der Waals surface area contributed by atoms with Crippen molar-refractivity contribution in [2.24, 2.45) is 39.9 Å². The zero-order valence-electron chi connectivity index (χ0n) is 90.0. The molecule has 7 atom stereocenters. The van der Waals surface area contributed by atoms with Crippen molar-refractivity contribution < 1.29 is 73.1 Å². The average molecular weight is 1860 g/mol. The number of hydrogen-bond acceptors (Lipinski definition) is 15. The Labute approximate surface area is 814 Å². The van der Waals surface area contributed by atoms with Gasteiger partial charge in [-0.05, 0) is 428 Å². The summed E-state index contributed by atoms with van der Waals surface area (Å²) in [5, 5.41) is 45.1. The van der Waals surface area contributed by atoms with E-state index in [1.54, 1.807) is 93.6 Å². The maximum atomic E-state index is 12.5. The fourth-order valence-corrected chi connectivity index (χ4v) is 15.5. The highest BCUT2D eigenvalue weighted by Crippen LogP contribution is 2.60. The molecule has 0 saturated heterocycles. The monoisotopic (exact) mass is 1860 g/mol. The summed E-state index contributed by atoms with van der Waals surface area (Å²) in [6, 6.07) is 53.1. The van der Waals surface area contributed by atoms with Crippen LogP contribution in [0.5, 0.6) is 40.2 Å². The van der Waals surface area contributed by atoms with Gasteiger partial charge in [-0.3, -0.25) is 14.4 Å². The Morgan fingerprint density at radius 2 is 0.545 bits per heavy atom.